The predicted octanol–water partition coefficient (Wildman–Crippen LogP) is 3.49. The topological polar surface area (TPSA) is 98.5 Å². The first kappa shape index (κ1) is 18.9. The minimum Gasteiger partial charge on any atom is -0.449 e. The summed E-state index contributed by atoms with van der Waals surface area (Å²) in [6.45, 7) is 3.30. The van der Waals surface area contributed by atoms with Gasteiger partial charge in [0, 0.05) is 12.1 Å². The summed E-state index contributed by atoms with van der Waals surface area (Å²) in [5.41, 5.74) is 1.67. The van der Waals surface area contributed by atoms with Gasteiger partial charge < -0.3 is 10.1 Å². The fourth-order valence-electron chi connectivity index (χ4n) is 2.17. The van der Waals surface area contributed by atoms with Crippen molar-refractivity contribution in [3.8, 4) is 0 Å². The minimum atomic E-state index is -1.11. The van der Waals surface area contributed by atoms with Gasteiger partial charge in [-0.05, 0) is 37.1 Å². The number of ether oxygens (including phenoxy) is 1. The number of para-hydroxylation sites is 2. The Bertz CT molecular complexity index is 861. The lowest BCUT2D eigenvalue weighted by Crippen LogP contribution is -2.29. The Kier molecular flexibility index (Phi) is 6.21. The van der Waals surface area contributed by atoms with E-state index in [1.54, 1.807) is 12.1 Å². The van der Waals surface area contributed by atoms with E-state index in [1.165, 1.54) is 31.2 Å². The summed E-state index contributed by atoms with van der Waals surface area (Å²) in [7, 11) is 0. The number of carbonyl (C=O) groups excluding carboxylic acids is 2. The maximum absolute atomic E-state index is 12.1. The summed E-state index contributed by atoms with van der Waals surface area (Å²) in [5, 5.41) is 13.4. The minimum absolute atomic E-state index is 0.0425. The molecule has 1 N–H and O–H groups in total. The zero-order valence-corrected chi connectivity index (χ0v) is 14.3. The number of hydrogen-bond donors (Lipinski definition) is 1. The Hall–Kier alpha value is -3.48. The molecule has 7 heteroatoms. The van der Waals surface area contributed by atoms with Crippen molar-refractivity contribution < 1.29 is 19.2 Å². The zero-order valence-electron chi connectivity index (χ0n) is 14.3. The molecular weight excluding hydrogens is 336 g/mol. The lowest BCUT2D eigenvalue weighted by molar-refractivity contribution is -0.383. The third-order valence-corrected chi connectivity index (χ3v) is 3.61. The molecule has 0 heterocycles. The molecule has 0 aliphatic heterocycles. The van der Waals surface area contributed by atoms with Gasteiger partial charge in [-0.1, -0.05) is 36.4 Å². The largest absolute Gasteiger partial charge is 0.449 e. The van der Waals surface area contributed by atoms with Gasteiger partial charge in [0.1, 0.15) is 5.69 Å². The van der Waals surface area contributed by atoms with Crippen LogP contribution in [0.4, 0.5) is 11.4 Å². The molecule has 0 saturated carbocycles. The van der Waals surface area contributed by atoms with Crippen LogP contribution in [0.5, 0.6) is 0 Å². The molecule has 7 nitrogen and oxygen atoms in total. The number of esters is 1. The Morgan fingerprint density at radius 3 is 2.50 bits per heavy atom. The van der Waals surface area contributed by atoms with E-state index in [0.717, 1.165) is 11.1 Å². The van der Waals surface area contributed by atoms with Crippen molar-refractivity contribution in [2.75, 3.05) is 5.32 Å². The third-order valence-electron chi connectivity index (χ3n) is 3.61. The van der Waals surface area contributed by atoms with E-state index in [9.17, 15) is 19.7 Å². The molecule has 0 aromatic heterocycles. The molecule has 0 unspecified atom stereocenters. The fraction of sp³-hybridized carbons (Fsp3) is 0.158. The summed E-state index contributed by atoms with van der Waals surface area (Å²) >= 11 is 0. The SMILES string of the molecule is Cc1ccccc1/C=C/C(=O)O[C@@H](C)C(=O)Nc1ccccc1[N+](=O)[O-]. The Labute approximate surface area is 150 Å². The van der Waals surface area contributed by atoms with Crippen LogP contribution in [0.15, 0.2) is 54.6 Å². The van der Waals surface area contributed by atoms with Crippen molar-refractivity contribution in [3.05, 3.63) is 75.8 Å². The molecular formula is C19H18N2O5. The number of carbonyl (C=O) groups is 2. The molecule has 0 saturated heterocycles. The summed E-state index contributed by atoms with van der Waals surface area (Å²) in [4.78, 5) is 34.3. The second kappa shape index (κ2) is 8.57. The van der Waals surface area contributed by atoms with Crippen molar-refractivity contribution in [1.82, 2.24) is 0 Å². The Balaban J connectivity index is 1.98. The highest BCUT2D eigenvalue weighted by Gasteiger charge is 2.20. The van der Waals surface area contributed by atoms with Crippen molar-refractivity contribution >= 4 is 29.3 Å². The monoisotopic (exact) mass is 354 g/mol. The van der Waals surface area contributed by atoms with Crippen molar-refractivity contribution in [2.24, 2.45) is 0 Å². The Morgan fingerprint density at radius 1 is 1.15 bits per heavy atom. The van der Waals surface area contributed by atoms with Gasteiger partial charge in [-0.15, -0.1) is 0 Å². The van der Waals surface area contributed by atoms with E-state index >= 15 is 0 Å². The maximum Gasteiger partial charge on any atom is 0.331 e. The molecule has 0 fully saturated rings. The van der Waals surface area contributed by atoms with Crippen LogP contribution < -0.4 is 5.32 Å². The van der Waals surface area contributed by atoms with E-state index in [-0.39, 0.29) is 11.4 Å². The van der Waals surface area contributed by atoms with Crippen LogP contribution >= 0.6 is 0 Å². The van der Waals surface area contributed by atoms with Crippen LogP contribution in [0.25, 0.3) is 6.08 Å². The van der Waals surface area contributed by atoms with Crippen LogP contribution in [0.2, 0.25) is 0 Å². The molecule has 1 amide bonds. The number of aryl methyl sites for hydroxylation is 1. The first-order chi connectivity index (χ1) is 12.4. The molecule has 0 bridgehead atoms. The molecule has 0 aliphatic carbocycles. The number of nitro groups is 1. The molecule has 2 rings (SSSR count). The predicted molar refractivity (Wildman–Crippen MR) is 97.5 cm³/mol. The number of amides is 1. The molecule has 0 spiro atoms. The van der Waals surface area contributed by atoms with E-state index < -0.39 is 22.9 Å². The second-order valence-corrected chi connectivity index (χ2v) is 5.53. The fourth-order valence-corrected chi connectivity index (χ4v) is 2.17. The number of nitrogens with zero attached hydrogens (tertiary/aromatic N) is 1. The number of benzene rings is 2. The quantitative estimate of drug-likeness (QED) is 0.370. The zero-order chi connectivity index (χ0) is 19.1. The van der Waals surface area contributed by atoms with E-state index in [0.29, 0.717) is 0 Å². The summed E-state index contributed by atoms with van der Waals surface area (Å²) < 4.78 is 5.04. The first-order valence-electron chi connectivity index (χ1n) is 7.87. The molecule has 26 heavy (non-hydrogen) atoms. The van der Waals surface area contributed by atoms with Crippen molar-refractivity contribution in [1.29, 1.82) is 0 Å². The first-order valence-corrected chi connectivity index (χ1v) is 7.87. The van der Waals surface area contributed by atoms with E-state index in [4.69, 9.17) is 4.74 Å². The van der Waals surface area contributed by atoms with Gasteiger partial charge in [0.05, 0.1) is 4.92 Å². The van der Waals surface area contributed by atoms with Gasteiger partial charge in [0.25, 0.3) is 11.6 Å². The average molecular weight is 354 g/mol. The Morgan fingerprint density at radius 2 is 1.81 bits per heavy atom. The van der Waals surface area contributed by atoms with Gasteiger partial charge in [-0.2, -0.15) is 0 Å². The molecule has 134 valence electrons. The summed E-state index contributed by atoms with van der Waals surface area (Å²) in [5.74, 6) is -1.34. The number of rotatable bonds is 6. The molecule has 0 aliphatic rings. The summed E-state index contributed by atoms with van der Waals surface area (Å²) in [6, 6.07) is 13.2. The van der Waals surface area contributed by atoms with E-state index in [2.05, 4.69) is 5.32 Å². The molecule has 0 radical (unpaired) electrons. The lowest BCUT2D eigenvalue weighted by Gasteiger charge is -2.12. The highest BCUT2D eigenvalue weighted by molar-refractivity contribution is 5.98. The number of anilines is 1. The number of nitro benzene ring substituents is 1. The van der Waals surface area contributed by atoms with Crippen LogP contribution in [0.3, 0.4) is 0 Å². The molecule has 2 aromatic carbocycles. The average Bonchev–Trinajstić information content (AvgIpc) is 2.61. The molecule has 2 aromatic rings. The number of nitrogens with one attached hydrogen (secondary N) is 1. The van der Waals surface area contributed by atoms with Crippen molar-refractivity contribution in [3.63, 3.8) is 0 Å². The van der Waals surface area contributed by atoms with Crippen molar-refractivity contribution in [2.45, 2.75) is 20.0 Å². The second-order valence-electron chi connectivity index (χ2n) is 5.53. The van der Waals surface area contributed by atoms with Crippen LogP contribution in [0, 0.1) is 17.0 Å². The lowest BCUT2D eigenvalue weighted by atomic mass is 10.1. The number of hydrogen-bond acceptors (Lipinski definition) is 5. The standard InChI is InChI=1S/C19H18N2O5/c1-13-7-3-4-8-15(13)11-12-18(22)26-14(2)19(23)20-16-9-5-6-10-17(16)21(24)25/h3-12,14H,1-2H3,(H,20,23)/b12-11+/t14-/m0/s1. The van der Waals surface area contributed by atoms with Gasteiger partial charge in [-0.3, -0.25) is 14.9 Å². The maximum atomic E-state index is 12.1. The van der Waals surface area contributed by atoms with Crippen LogP contribution in [-0.4, -0.2) is 22.9 Å². The third kappa shape index (κ3) is 5.01. The summed E-state index contributed by atoms with van der Waals surface area (Å²) in [6.07, 6.45) is 1.73. The smallest absolute Gasteiger partial charge is 0.331 e. The molecule has 1 atom stereocenters. The van der Waals surface area contributed by atoms with Gasteiger partial charge in [0.15, 0.2) is 6.10 Å². The van der Waals surface area contributed by atoms with Gasteiger partial charge in [0.2, 0.25) is 0 Å². The van der Waals surface area contributed by atoms with Crippen LogP contribution in [0.1, 0.15) is 18.1 Å². The highest BCUT2D eigenvalue weighted by Crippen LogP contribution is 2.23. The van der Waals surface area contributed by atoms with Gasteiger partial charge >= 0.3 is 5.97 Å². The highest BCUT2D eigenvalue weighted by atomic mass is 16.6. The van der Waals surface area contributed by atoms with Gasteiger partial charge in [-0.25, -0.2) is 4.79 Å². The van der Waals surface area contributed by atoms with E-state index in [1.807, 2.05) is 31.2 Å². The van der Waals surface area contributed by atoms with Crippen LogP contribution in [-0.2, 0) is 14.3 Å². The normalized spacial score (nSPS) is 11.8.